The molecular weight excluding hydrogens is 174 g/mol. The van der Waals surface area contributed by atoms with Crippen molar-refractivity contribution in [3.05, 3.63) is 35.2 Å². The van der Waals surface area contributed by atoms with Gasteiger partial charge in [-0.05, 0) is 31.0 Å². The minimum atomic E-state index is 0.424. The molecule has 2 rings (SSSR count). The third-order valence-electron chi connectivity index (χ3n) is 2.55. The highest BCUT2D eigenvalue weighted by Gasteiger charge is 2.07. The van der Waals surface area contributed by atoms with Gasteiger partial charge in [-0.25, -0.2) is 4.52 Å². The van der Waals surface area contributed by atoms with Gasteiger partial charge in [-0.3, -0.25) is 0 Å². The SMILES string of the molecule is Cc1ccn2ncc(CC#N)c2c1C. The molecule has 0 amide bonds. The fraction of sp³-hybridized carbons (Fsp3) is 0.273. The Hall–Kier alpha value is -1.82. The first-order chi connectivity index (χ1) is 6.74. The van der Waals surface area contributed by atoms with Crippen LogP contribution in [0.3, 0.4) is 0 Å². The molecule has 0 spiro atoms. The van der Waals surface area contributed by atoms with Gasteiger partial charge in [0.2, 0.25) is 0 Å². The second-order valence-electron chi connectivity index (χ2n) is 3.42. The number of nitrogens with zero attached hydrogens (tertiary/aromatic N) is 3. The maximum absolute atomic E-state index is 8.67. The molecule has 0 radical (unpaired) electrons. The maximum atomic E-state index is 8.67. The van der Waals surface area contributed by atoms with Crippen molar-refractivity contribution >= 4 is 5.52 Å². The molecule has 2 aromatic rings. The van der Waals surface area contributed by atoms with Crippen LogP contribution in [0.2, 0.25) is 0 Å². The lowest BCUT2D eigenvalue weighted by molar-refractivity contribution is 0.951. The zero-order chi connectivity index (χ0) is 10.1. The fourth-order valence-corrected chi connectivity index (χ4v) is 1.63. The van der Waals surface area contributed by atoms with Gasteiger partial charge in [-0.2, -0.15) is 10.4 Å². The van der Waals surface area contributed by atoms with Crippen molar-refractivity contribution in [2.45, 2.75) is 20.3 Å². The largest absolute Gasteiger partial charge is 0.240 e. The van der Waals surface area contributed by atoms with Gasteiger partial charge in [0.05, 0.1) is 24.2 Å². The van der Waals surface area contributed by atoms with Crippen LogP contribution in [0.5, 0.6) is 0 Å². The standard InChI is InChI=1S/C11H11N3/c1-8-4-6-14-11(9(8)2)10(3-5-12)7-13-14/h4,6-7H,3H2,1-2H3. The monoisotopic (exact) mass is 185 g/mol. The first kappa shape index (κ1) is 8.76. The van der Waals surface area contributed by atoms with Crippen molar-refractivity contribution in [3.63, 3.8) is 0 Å². The molecule has 0 atom stereocenters. The molecule has 2 heterocycles. The number of fused-ring (bicyclic) bond motifs is 1. The van der Waals surface area contributed by atoms with Crippen molar-refractivity contribution in [1.29, 1.82) is 5.26 Å². The number of aromatic nitrogens is 2. The highest BCUT2D eigenvalue weighted by Crippen LogP contribution is 2.18. The Balaban J connectivity index is 2.77. The lowest BCUT2D eigenvalue weighted by atomic mass is 10.1. The first-order valence-corrected chi connectivity index (χ1v) is 4.53. The summed E-state index contributed by atoms with van der Waals surface area (Å²) < 4.78 is 1.83. The molecule has 0 fully saturated rings. The van der Waals surface area contributed by atoms with Crippen LogP contribution < -0.4 is 0 Å². The molecule has 0 aliphatic heterocycles. The summed E-state index contributed by atoms with van der Waals surface area (Å²) in [7, 11) is 0. The van der Waals surface area contributed by atoms with Gasteiger partial charge in [0.1, 0.15) is 0 Å². The van der Waals surface area contributed by atoms with Gasteiger partial charge >= 0.3 is 0 Å². The van der Waals surface area contributed by atoms with E-state index >= 15 is 0 Å². The summed E-state index contributed by atoms with van der Waals surface area (Å²) in [6.07, 6.45) is 4.12. The lowest BCUT2D eigenvalue weighted by Gasteiger charge is -2.03. The molecular formula is C11H11N3. The lowest BCUT2D eigenvalue weighted by Crippen LogP contribution is -1.92. The van der Waals surface area contributed by atoms with Crippen molar-refractivity contribution in [2.24, 2.45) is 0 Å². The summed E-state index contributed by atoms with van der Waals surface area (Å²) in [5.74, 6) is 0. The van der Waals surface area contributed by atoms with Crippen LogP contribution in [0.15, 0.2) is 18.5 Å². The third kappa shape index (κ3) is 1.16. The molecule has 0 aliphatic carbocycles. The highest BCUT2D eigenvalue weighted by atomic mass is 15.2. The van der Waals surface area contributed by atoms with E-state index in [1.165, 1.54) is 11.1 Å². The van der Waals surface area contributed by atoms with E-state index in [-0.39, 0.29) is 0 Å². The zero-order valence-corrected chi connectivity index (χ0v) is 8.28. The number of hydrogen-bond donors (Lipinski definition) is 0. The van der Waals surface area contributed by atoms with Crippen LogP contribution in [0, 0.1) is 25.2 Å². The van der Waals surface area contributed by atoms with Crippen LogP contribution in [0.25, 0.3) is 5.52 Å². The Morgan fingerprint density at radius 2 is 2.29 bits per heavy atom. The minimum Gasteiger partial charge on any atom is -0.240 e. The van der Waals surface area contributed by atoms with Crippen LogP contribution in [-0.2, 0) is 6.42 Å². The van der Waals surface area contributed by atoms with Crippen LogP contribution >= 0.6 is 0 Å². The Labute approximate surface area is 82.6 Å². The smallest absolute Gasteiger partial charge is 0.0735 e. The predicted octanol–water partition coefficient (Wildman–Crippen LogP) is 2.02. The van der Waals surface area contributed by atoms with Crippen molar-refractivity contribution < 1.29 is 0 Å². The molecule has 0 N–H and O–H groups in total. The van der Waals surface area contributed by atoms with Crippen molar-refractivity contribution in [1.82, 2.24) is 9.61 Å². The molecule has 70 valence electrons. The Bertz CT molecular complexity index is 517. The van der Waals surface area contributed by atoms with Gasteiger partial charge in [0, 0.05) is 11.8 Å². The topological polar surface area (TPSA) is 41.1 Å². The van der Waals surface area contributed by atoms with E-state index < -0.39 is 0 Å². The Kier molecular flexibility index (Phi) is 1.97. The number of pyridine rings is 1. The molecule has 3 nitrogen and oxygen atoms in total. The number of nitriles is 1. The van der Waals surface area contributed by atoms with Crippen molar-refractivity contribution in [3.8, 4) is 6.07 Å². The van der Waals surface area contributed by atoms with Gasteiger partial charge in [0.25, 0.3) is 0 Å². The average molecular weight is 185 g/mol. The van der Waals surface area contributed by atoms with E-state index in [1.807, 2.05) is 16.8 Å². The summed E-state index contributed by atoms with van der Waals surface area (Å²) in [6, 6.07) is 4.19. The first-order valence-electron chi connectivity index (χ1n) is 4.53. The summed E-state index contributed by atoms with van der Waals surface area (Å²) >= 11 is 0. The molecule has 3 heteroatoms. The molecule has 2 aromatic heterocycles. The molecule has 0 saturated carbocycles. The Morgan fingerprint density at radius 3 is 3.00 bits per heavy atom. The summed E-state index contributed by atoms with van der Waals surface area (Å²) in [5.41, 5.74) is 4.52. The fourth-order valence-electron chi connectivity index (χ4n) is 1.63. The predicted molar refractivity (Wildman–Crippen MR) is 54.0 cm³/mol. The quantitative estimate of drug-likeness (QED) is 0.682. The van der Waals surface area contributed by atoms with E-state index in [4.69, 9.17) is 5.26 Å². The van der Waals surface area contributed by atoms with E-state index in [0.717, 1.165) is 11.1 Å². The maximum Gasteiger partial charge on any atom is 0.0735 e. The summed E-state index contributed by atoms with van der Waals surface area (Å²) in [6.45, 7) is 4.13. The van der Waals surface area contributed by atoms with Crippen LogP contribution in [0.4, 0.5) is 0 Å². The Morgan fingerprint density at radius 1 is 1.50 bits per heavy atom. The van der Waals surface area contributed by atoms with E-state index in [1.54, 1.807) is 6.20 Å². The minimum absolute atomic E-state index is 0.424. The number of aryl methyl sites for hydroxylation is 2. The summed E-state index contributed by atoms with van der Waals surface area (Å²) in [5, 5.41) is 12.9. The van der Waals surface area contributed by atoms with E-state index in [2.05, 4.69) is 25.0 Å². The molecule has 0 unspecified atom stereocenters. The van der Waals surface area contributed by atoms with Gasteiger partial charge in [-0.1, -0.05) is 0 Å². The molecule has 0 aliphatic rings. The molecule has 0 saturated heterocycles. The van der Waals surface area contributed by atoms with E-state index in [9.17, 15) is 0 Å². The second kappa shape index (κ2) is 3.15. The molecule has 0 bridgehead atoms. The van der Waals surface area contributed by atoms with Crippen molar-refractivity contribution in [2.75, 3.05) is 0 Å². The van der Waals surface area contributed by atoms with Gasteiger partial charge in [-0.15, -0.1) is 0 Å². The van der Waals surface area contributed by atoms with Gasteiger partial charge < -0.3 is 0 Å². The average Bonchev–Trinajstić information content (AvgIpc) is 2.57. The molecule has 14 heavy (non-hydrogen) atoms. The normalized spacial score (nSPS) is 10.4. The third-order valence-corrected chi connectivity index (χ3v) is 2.55. The van der Waals surface area contributed by atoms with Gasteiger partial charge in [0.15, 0.2) is 0 Å². The van der Waals surface area contributed by atoms with E-state index in [0.29, 0.717) is 6.42 Å². The zero-order valence-electron chi connectivity index (χ0n) is 8.28. The molecule has 0 aromatic carbocycles. The summed E-state index contributed by atoms with van der Waals surface area (Å²) in [4.78, 5) is 0. The highest BCUT2D eigenvalue weighted by molar-refractivity contribution is 5.62. The van der Waals surface area contributed by atoms with Crippen LogP contribution in [-0.4, -0.2) is 9.61 Å². The number of hydrogen-bond acceptors (Lipinski definition) is 2. The second-order valence-corrected chi connectivity index (χ2v) is 3.42. The number of rotatable bonds is 1. The van der Waals surface area contributed by atoms with Crippen LogP contribution in [0.1, 0.15) is 16.7 Å².